The Bertz CT molecular complexity index is 958. The highest BCUT2D eigenvalue weighted by Crippen LogP contribution is 2.32. The van der Waals surface area contributed by atoms with E-state index in [9.17, 15) is 4.79 Å². The number of rotatable bonds is 5. The molecular formula is C22H23N5O. The van der Waals surface area contributed by atoms with Crippen LogP contribution in [0.25, 0.3) is 0 Å². The third kappa shape index (κ3) is 3.58. The number of nitrogens with zero attached hydrogens (tertiary/aromatic N) is 5. The van der Waals surface area contributed by atoms with Crippen LogP contribution in [0.5, 0.6) is 0 Å². The van der Waals surface area contributed by atoms with Crippen LogP contribution >= 0.6 is 0 Å². The number of hydrogen-bond donors (Lipinski definition) is 0. The lowest BCUT2D eigenvalue weighted by molar-refractivity contribution is 0.0976. The smallest absolute Gasteiger partial charge is 0.278 e. The third-order valence-corrected chi connectivity index (χ3v) is 5.16. The van der Waals surface area contributed by atoms with E-state index in [-0.39, 0.29) is 11.9 Å². The fourth-order valence-corrected chi connectivity index (χ4v) is 3.59. The fourth-order valence-electron chi connectivity index (χ4n) is 3.59. The molecule has 142 valence electrons. The zero-order chi connectivity index (χ0) is 19.5. The molecule has 0 spiro atoms. The molecule has 1 amide bonds. The largest absolute Gasteiger partial charge is 0.358 e. The Morgan fingerprint density at radius 2 is 1.93 bits per heavy atom. The lowest BCUT2D eigenvalue weighted by Gasteiger charge is -2.22. The van der Waals surface area contributed by atoms with Crippen LogP contribution in [0.4, 0.5) is 11.5 Å². The minimum absolute atomic E-state index is 0.101. The molecule has 1 atom stereocenters. The summed E-state index contributed by atoms with van der Waals surface area (Å²) in [6.45, 7) is 2.87. The molecule has 6 heteroatoms. The van der Waals surface area contributed by atoms with E-state index in [1.807, 2.05) is 47.2 Å². The SMILES string of the molecule is CC1Cc2ccccc2N1C(=O)c1cnc(N(C)CCc2ccncc2)cn1. The summed E-state index contributed by atoms with van der Waals surface area (Å²) in [4.78, 5) is 29.8. The van der Waals surface area contributed by atoms with Gasteiger partial charge in [0.2, 0.25) is 0 Å². The van der Waals surface area contributed by atoms with Crippen molar-refractivity contribution in [1.29, 1.82) is 0 Å². The molecule has 3 heterocycles. The van der Waals surface area contributed by atoms with Gasteiger partial charge in [0.25, 0.3) is 5.91 Å². The Labute approximate surface area is 164 Å². The normalized spacial score (nSPS) is 15.4. The molecule has 28 heavy (non-hydrogen) atoms. The maximum absolute atomic E-state index is 13.0. The maximum Gasteiger partial charge on any atom is 0.278 e. The number of amides is 1. The van der Waals surface area contributed by atoms with Gasteiger partial charge < -0.3 is 9.80 Å². The second-order valence-corrected chi connectivity index (χ2v) is 7.14. The van der Waals surface area contributed by atoms with Gasteiger partial charge in [0.1, 0.15) is 11.5 Å². The highest BCUT2D eigenvalue weighted by Gasteiger charge is 2.31. The number of carbonyl (C=O) groups is 1. The van der Waals surface area contributed by atoms with Crippen LogP contribution in [0.2, 0.25) is 0 Å². The standard InChI is InChI=1S/C22H23N5O/c1-16-13-18-5-3-4-6-20(18)27(16)22(28)19-14-25-21(15-24-19)26(2)12-9-17-7-10-23-11-8-17/h3-8,10-11,14-16H,9,12-13H2,1-2H3. The van der Waals surface area contributed by atoms with Gasteiger partial charge in [-0.05, 0) is 49.1 Å². The Hall–Kier alpha value is -3.28. The minimum atomic E-state index is -0.101. The van der Waals surface area contributed by atoms with Crippen molar-refractivity contribution in [1.82, 2.24) is 15.0 Å². The summed E-state index contributed by atoms with van der Waals surface area (Å²) in [5, 5.41) is 0. The summed E-state index contributed by atoms with van der Waals surface area (Å²) in [6.07, 6.45) is 8.61. The van der Waals surface area contributed by atoms with Crippen LogP contribution in [-0.4, -0.2) is 40.5 Å². The first-order valence-electron chi connectivity index (χ1n) is 9.47. The van der Waals surface area contributed by atoms with E-state index in [0.717, 1.165) is 30.9 Å². The molecule has 1 unspecified atom stereocenters. The Morgan fingerprint density at radius 1 is 1.14 bits per heavy atom. The number of fused-ring (bicyclic) bond motifs is 1. The van der Waals surface area contributed by atoms with Crippen molar-refractivity contribution in [3.05, 3.63) is 78.0 Å². The van der Waals surface area contributed by atoms with Gasteiger partial charge in [0.15, 0.2) is 0 Å². The van der Waals surface area contributed by atoms with E-state index >= 15 is 0 Å². The van der Waals surface area contributed by atoms with Gasteiger partial charge in [0.05, 0.1) is 12.4 Å². The molecule has 1 aliphatic heterocycles. The molecule has 1 aromatic carbocycles. The number of aromatic nitrogens is 3. The van der Waals surface area contributed by atoms with E-state index in [2.05, 4.69) is 27.9 Å². The molecule has 4 rings (SSSR count). The van der Waals surface area contributed by atoms with Crippen molar-refractivity contribution in [2.24, 2.45) is 0 Å². The fraction of sp³-hybridized carbons (Fsp3) is 0.273. The number of hydrogen-bond acceptors (Lipinski definition) is 5. The maximum atomic E-state index is 13.0. The highest BCUT2D eigenvalue weighted by atomic mass is 16.2. The van der Waals surface area contributed by atoms with E-state index < -0.39 is 0 Å². The summed E-state index contributed by atoms with van der Waals surface area (Å²) in [5.41, 5.74) is 3.77. The predicted molar refractivity (Wildman–Crippen MR) is 110 cm³/mol. The molecule has 0 saturated carbocycles. The van der Waals surface area contributed by atoms with Crippen LogP contribution in [-0.2, 0) is 12.8 Å². The van der Waals surface area contributed by atoms with Crippen LogP contribution in [0, 0.1) is 0 Å². The Kier molecular flexibility index (Phi) is 5.02. The summed E-state index contributed by atoms with van der Waals surface area (Å²) in [7, 11) is 1.98. The van der Waals surface area contributed by atoms with Gasteiger partial charge in [-0.3, -0.25) is 9.78 Å². The molecule has 3 aromatic rings. The molecule has 0 N–H and O–H groups in total. The minimum Gasteiger partial charge on any atom is -0.358 e. The second kappa shape index (κ2) is 7.76. The molecule has 1 aliphatic rings. The van der Waals surface area contributed by atoms with Crippen molar-refractivity contribution in [2.75, 3.05) is 23.4 Å². The molecule has 0 radical (unpaired) electrons. The van der Waals surface area contributed by atoms with Crippen molar-refractivity contribution in [2.45, 2.75) is 25.8 Å². The van der Waals surface area contributed by atoms with Crippen molar-refractivity contribution in [3.63, 3.8) is 0 Å². The van der Waals surface area contributed by atoms with Gasteiger partial charge in [0, 0.05) is 37.7 Å². The first-order chi connectivity index (χ1) is 13.6. The second-order valence-electron chi connectivity index (χ2n) is 7.14. The van der Waals surface area contributed by atoms with Gasteiger partial charge >= 0.3 is 0 Å². The van der Waals surface area contributed by atoms with E-state index in [1.165, 1.54) is 11.1 Å². The quantitative estimate of drug-likeness (QED) is 0.688. The Morgan fingerprint density at radius 3 is 2.68 bits per heavy atom. The molecule has 0 bridgehead atoms. The molecule has 0 fully saturated rings. The topological polar surface area (TPSA) is 62.2 Å². The van der Waals surface area contributed by atoms with Crippen LogP contribution in [0.1, 0.15) is 28.5 Å². The molecule has 0 aliphatic carbocycles. The van der Waals surface area contributed by atoms with Gasteiger partial charge in [-0.2, -0.15) is 0 Å². The van der Waals surface area contributed by atoms with Crippen molar-refractivity contribution >= 4 is 17.4 Å². The van der Waals surface area contributed by atoms with E-state index in [0.29, 0.717) is 5.69 Å². The average molecular weight is 373 g/mol. The highest BCUT2D eigenvalue weighted by molar-refractivity contribution is 6.06. The van der Waals surface area contributed by atoms with Gasteiger partial charge in [-0.15, -0.1) is 0 Å². The first kappa shape index (κ1) is 18.1. The first-order valence-corrected chi connectivity index (χ1v) is 9.47. The number of para-hydroxylation sites is 1. The van der Waals surface area contributed by atoms with Gasteiger partial charge in [-0.25, -0.2) is 9.97 Å². The zero-order valence-electron chi connectivity index (χ0n) is 16.1. The molecule has 2 aromatic heterocycles. The van der Waals surface area contributed by atoms with Gasteiger partial charge in [-0.1, -0.05) is 18.2 Å². The summed E-state index contributed by atoms with van der Waals surface area (Å²) >= 11 is 0. The predicted octanol–water partition coefficient (Wildman–Crippen LogP) is 3.14. The Balaban J connectivity index is 1.45. The molecule has 0 saturated heterocycles. The van der Waals surface area contributed by atoms with Crippen LogP contribution in [0.3, 0.4) is 0 Å². The summed E-state index contributed by atoms with van der Waals surface area (Å²) in [6, 6.07) is 12.2. The van der Waals surface area contributed by atoms with Crippen LogP contribution in [0.15, 0.2) is 61.2 Å². The molecular weight excluding hydrogens is 350 g/mol. The van der Waals surface area contributed by atoms with Crippen molar-refractivity contribution < 1.29 is 4.79 Å². The zero-order valence-corrected chi connectivity index (χ0v) is 16.1. The summed E-state index contributed by atoms with van der Waals surface area (Å²) in [5.74, 6) is 0.649. The lowest BCUT2D eigenvalue weighted by Crippen LogP contribution is -2.36. The van der Waals surface area contributed by atoms with E-state index in [4.69, 9.17) is 0 Å². The van der Waals surface area contributed by atoms with Crippen LogP contribution < -0.4 is 9.80 Å². The van der Waals surface area contributed by atoms with E-state index in [1.54, 1.807) is 24.8 Å². The number of carbonyl (C=O) groups excluding carboxylic acids is 1. The number of likely N-dealkylation sites (N-methyl/N-ethyl adjacent to an activating group) is 1. The number of pyridine rings is 1. The molecule has 6 nitrogen and oxygen atoms in total. The number of benzene rings is 1. The summed E-state index contributed by atoms with van der Waals surface area (Å²) < 4.78 is 0. The number of anilines is 2. The average Bonchev–Trinajstić information content (AvgIpc) is 3.08. The monoisotopic (exact) mass is 373 g/mol. The van der Waals surface area contributed by atoms with Crippen molar-refractivity contribution in [3.8, 4) is 0 Å². The third-order valence-electron chi connectivity index (χ3n) is 5.16. The lowest BCUT2D eigenvalue weighted by atomic mass is 10.1.